The van der Waals surface area contributed by atoms with E-state index in [1.165, 1.54) is 6.92 Å². The Morgan fingerprint density at radius 3 is 1.80 bits per heavy atom. The van der Waals surface area contributed by atoms with Gasteiger partial charge >= 0.3 is 17.9 Å². The van der Waals surface area contributed by atoms with Crippen LogP contribution in [-0.4, -0.2) is 73.7 Å². The summed E-state index contributed by atoms with van der Waals surface area (Å²) in [6.45, 7) is 6.50. The Bertz CT molecular complexity index is 1620. The van der Waals surface area contributed by atoms with E-state index in [2.05, 4.69) is 15.3 Å². The van der Waals surface area contributed by atoms with E-state index in [9.17, 15) is 24.7 Å². The molecule has 0 radical (unpaired) electrons. The molecular formula is C36H40N4O9. The Kier molecular flexibility index (Phi) is 12.9. The van der Waals surface area contributed by atoms with E-state index in [-0.39, 0.29) is 24.3 Å². The molecule has 1 aliphatic heterocycles. The normalized spacial score (nSPS) is 20.9. The summed E-state index contributed by atoms with van der Waals surface area (Å²) in [4.78, 5) is 55.3. The van der Waals surface area contributed by atoms with Crippen LogP contribution in [0, 0.1) is 5.41 Å². The zero-order valence-electron chi connectivity index (χ0n) is 27.8. The Morgan fingerprint density at radius 1 is 0.837 bits per heavy atom. The minimum atomic E-state index is -1.38. The molecule has 3 aromatic rings. The third-order valence-electron chi connectivity index (χ3n) is 8.30. The summed E-state index contributed by atoms with van der Waals surface area (Å²) >= 11 is 0. The zero-order valence-corrected chi connectivity index (χ0v) is 27.8. The van der Waals surface area contributed by atoms with Crippen LogP contribution in [0.15, 0.2) is 96.1 Å². The molecule has 13 nitrogen and oxygen atoms in total. The molecule has 6 atom stereocenters. The maximum Gasteiger partial charge on any atom is 0.338 e. The van der Waals surface area contributed by atoms with Crippen molar-refractivity contribution < 1.29 is 42.9 Å². The Labute approximate surface area is 284 Å². The van der Waals surface area contributed by atoms with Gasteiger partial charge < -0.3 is 29.0 Å². The van der Waals surface area contributed by atoms with Crippen molar-refractivity contribution in [3.8, 4) is 0 Å². The predicted octanol–water partition coefficient (Wildman–Crippen LogP) is 5.66. The fraction of sp³-hybridized carbons (Fsp3) is 0.389. The second kappa shape index (κ2) is 17.3. The summed E-state index contributed by atoms with van der Waals surface area (Å²) in [6, 6.07) is 23.5. The van der Waals surface area contributed by atoms with Gasteiger partial charge in [0.25, 0.3) is 0 Å². The quantitative estimate of drug-likeness (QED) is 0.0745. The summed E-state index contributed by atoms with van der Waals surface area (Å²) in [6.07, 6.45) is -5.45. The number of amides is 1. The molecule has 0 saturated carbocycles. The molecule has 13 heteroatoms. The molecule has 1 heterocycles. The van der Waals surface area contributed by atoms with Crippen molar-refractivity contribution in [1.29, 1.82) is 0 Å². The second-order valence-electron chi connectivity index (χ2n) is 12.1. The van der Waals surface area contributed by atoms with Gasteiger partial charge in [0.05, 0.1) is 29.8 Å². The molecule has 0 bridgehead atoms. The Hall–Kier alpha value is -5.23. The van der Waals surface area contributed by atoms with Gasteiger partial charge in [0.15, 0.2) is 18.5 Å². The first-order valence-electron chi connectivity index (χ1n) is 15.9. The molecule has 0 spiro atoms. The smallest absolute Gasteiger partial charge is 0.338 e. The van der Waals surface area contributed by atoms with Crippen LogP contribution >= 0.6 is 0 Å². The van der Waals surface area contributed by atoms with Gasteiger partial charge in [-0.3, -0.25) is 4.79 Å². The van der Waals surface area contributed by atoms with Crippen LogP contribution in [0.1, 0.15) is 65.2 Å². The van der Waals surface area contributed by atoms with Crippen molar-refractivity contribution in [2.24, 2.45) is 10.5 Å². The van der Waals surface area contributed by atoms with Crippen molar-refractivity contribution in [3.63, 3.8) is 0 Å². The van der Waals surface area contributed by atoms with Crippen LogP contribution in [0.5, 0.6) is 0 Å². The SMILES string of the molecule is CCC(C)(C)C(COC1OC(CN=[N+]=[N-])C(OC(=O)c2ccccc2)C(OC(=O)c2ccccc2)C1NC(C)=O)OC(=O)c1ccccc1. The fourth-order valence-electron chi connectivity index (χ4n) is 5.11. The summed E-state index contributed by atoms with van der Waals surface area (Å²) in [5.41, 5.74) is 9.38. The van der Waals surface area contributed by atoms with E-state index >= 15 is 0 Å². The average Bonchev–Trinajstić information content (AvgIpc) is 3.11. The van der Waals surface area contributed by atoms with Gasteiger partial charge in [0.1, 0.15) is 18.2 Å². The second-order valence-corrected chi connectivity index (χ2v) is 12.1. The highest BCUT2D eigenvalue weighted by Gasteiger charge is 2.51. The number of hydrogen-bond acceptors (Lipinski definition) is 10. The van der Waals surface area contributed by atoms with E-state index < -0.39 is 66.0 Å². The molecule has 1 aliphatic rings. The van der Waals surface area contributed by atoms with E-state index in [0.717, 1.165) is 0 Å². The molecule has 6 unspecified atom stereocenters. The lowest BCUT2D eigenvalue weighted by Crippen LogP contribution is -2.66. The highest BCUT2D eigenvalue weighted by molar-refractivity contribution is 5.91. The number of azide groups is 1. The summed E-state index contributed by atoms with van der Waals surface area (Å²) in [5.74, 6) is -2.61. The van der Waals surface area contributed by atoms with Gasteiger partial charge in [0.2, 0.25) is 5.91 Å². The summed E-state index contributed by atoms with van der Waals surface area (Å²) < 4.78 is 30.3. The summed E-state index contributed by atoms with van der Waals surface area (Å²) in [5, 5.41) is 6.38. The van der Waals surface area contributed by atoms with E-state index in [1.807, 2.05) is 20.8 Å². The van der Waals surface area contributed by atoms with Gasteiger partial charge in [-0.2, -0.15) is 0 Å². The van der Waals surface area contributed by atoms with Crippen LogP contribution in [0.3, 0.4) is 0 Å². The minimum Gasteiger partial charge on any atom is -0.456 e. The van der Waals surface area contributed by atoms with Crippen LogP contribution in [0.2, 0.25) is 0 Å². The van der Waals surface area contributed by atoms with Crippen molar-refractivity contribution >= 4 is 23.8 Å². The lowest BCUT2D eigenvalue weighted by atomic mass is 9.84. The molecule has 1 N–H and O–H groups in total. The number of hydrogen-bond donors (Lipinski definition) is 1. The molecule has 0 aliphatic carbocycles. The van der Waals surface area contributed by atoms with Crippen molar-refractivity contribution in [2.45, 2.75) is 70.9 Å². The van der Waals surface area contributed by atoms with Crippen molar-refractivity contribution in [2.75, 3.05) is 13.2 Å². The number of carbonyl (C=O) groups excluding carboxylic acids is 4. The molecule has 1 amide bonds. The third-order valence-corrected chi connectivity index (χ3v) is 8.30. The molecule has 49 heavy (non-hydrogen) atoms. The van der Waals surface area contributed by atoms with Gasteiger partial charge in [-0.05, 0) is 48.4 Å². The standard InChI is InChI=1S/C36H40N4O9/c1-5-36(3,4)28(47-32(42)24-15-9-6-10-16-24)22-45-35-29(39-23(2)41)31(49-34(44)26-19-13-8-14-20-26)30(27(46-35)21-38-40-37)48-33(43)25-17-11-7-12-18-25/h6-20,27-31,35H,5,21-22H2,1-4H3,(H,39,41). The lowest BCUT2D eigenvalue weighted by molar-refractivity contribution is -0.268. The number of nitrogens with zero attached hydrogens (tertiary/aromatic N) is 3. The minimum absolute atomic E-state index is 0.192. The molecule has 0 aromatic heterocycles. The number of esters is 3. The predicted molar refractivity (Wildman–Crippen MR) is 177 cm³/mol. The maximum absolute atomic E-state index is 13.5. The molecule has 258 valence electrons. The molecule has 4 rings (SSSR count). The first kappa shape index (κ1) is 36.6. The van der Waals surface area contributed by atoms with Crippen LogP contribution in [-0.2, 0) is 28.5 Å². The van der Waals surface area contributed by atoms with Crippen LogP contribution in [0.25, 0.3) is 10.4 Å². The number of rotatable bonds is 14. The molecule has 1 saturated heterocycles. The van der Waals surface area contributed by atoms with Gasteiger partial charge in [0, 0.05) is 17.3 Å². The van der Waals surface area contributed by atoms with Gasteiger partial charge in [-0.15, -0.1) is 0 Å². The first-order valence-corrected chi connectivity index (χ1v) is 15.9. The summed E-state index contributed by atoms with van der Waals surface area (Å²) in [7, 11) is 0. The van der Waals surface area contributed by atoms with Crippen LogP contribution < -0.4 is 5.32 Å². The third kappa shape index (κ3) is 9.89. The highest BCUT2D eigenvalue weighted by atomic mass is 16.7. The largest absolute Gasteiger partial charge is 0.456 e. The van der Waals surface area contributed by atoms with E-state index in [1.54, 1.807) is 91.0 Å². The lowest BCUT2D eigenvalue weighted by Gasteiger charge is -2.45. The Morgan fingerprint density at radius 2 is 1.33 bits per heavy atom. The average molecular weight is 673 g/mol. The Balaban J connectivity index is 1.70. The first-order chi connectivity index (χ1) is 23.5. The fourth-order valence-corrected chi connectivity index (χ4v) is 5.11. The van der Waals surface area contributed by atoms with Crippen molar-refractivity contribution in [3.05, 3.63) is 118 Å². The topological polar surface area (TPSA) is 175 Å². The van der Waals surface area contributed by atoms with Crippen LogP contribution in [0.4, 0.5) is 0 Å². The van der Waals surface area contributed by atoms with E-state index in [0.29, 0.717) is 12.0 Å². The van der Waals surface area contributed by atoms with Gasteiger partial charge in [-0.25, -0.2) is 14.4 Å². The number of ether oxygens (including phenoxy) is 5. The zero-order chi connectivity index (χ0) is 35.4. The number of nitrogens with one attached hydrogen (secondary N) is 1. The number of benzene rings is 3. The monoisotopic (exact) mass is 672 g/mol. The van der Waals surface area contributed by atoms with Gasteiger partial charge in [-0.1, -0.05) is 80.5 Å². The van der Waals surface area contributed by atoms with E-state index in [4.69, 9.17) is 23.7 Å². The number of carbonyl (C=O) groups is 4. The molecular weight excluding hydrogens is 632 g/mol. The highest BCUT2D eigenvalue weighted by Crippen LogP contribution is 2.32. The molecule has 1 fully saturated rings. The van der Waals surface area contributed by atoms with Crippen molar-refractivity contribution in [1.82, 2.24) is 5.32 Å². The maximum atomic E-state index is 13.5. The molecule has 3 aromatic carbocycles.